The third kappa shape index (κ3) is 4.13. The van der Waals surface area contributed by atoms with Crippen LogP contribution in [0, 0.1) is 0 Å². The number of fused-ring (bicyclic) bond motifs is 1. The molecule has 160 valence electrons. The van der Waals surface area contributed by atoms with E-state index < -0.39 is 5.92 Å². The molecule has 1 atom stereocenters. The molecule has 0 fully saturated rings. The summed E-state index contributed by atoms with van der Waals surface area (Å²) in [4.78, 5) is 30.7. The molecule has 0 spiro atoms. The summed E-state index contributed by atoms with van der Waals surface area (Å²) >= 11 is 0. The third-order valence-corrected chi connectivity index (χ3v) is 6.02. The van der Waals surface area contributed by atoms with Crippen LogP contribution in [-0.2, 0) is 0 Å². The third-order valence-electron chi connectivity index (χ3n) is 6.02. The number of rotatable bonds is 7. The number of para-hydroxylation sites is 1. The Morgan fingerprint density at radius 3 is 1.85 bits per heavy atom. The minimum absolute atomic E-state index is 0.0471. The quantitative estimate of drug-likeness (QED) is 0.281. The van der Waals surface area contributed by atoms with Crippen LogP contribution >= 0.6 is 0 Å². The van der Waals surface area contributed by atoms with E-state index in [1.165, 1.54) is 0 Å². The zero-order valence-electron chi connectivity index (χ0n) is 18.1. The van der Waals surface area contributed by atoms with Crippen LogP contribution in [0.15, 0.2) is 115 Å². The highest BCUT2D eigenvalue weighted by molar-refractivity contribution is 6.09. The molecule has 0 aliphatic rings. The van der Waals surface area contributed by atoms with Crippen molar-refractivity contribution < 1.29 is 9.59 Å². The summed E-state index contributed by atoms with van der Waals surface area (Å²) in [7, 11) is 0. The number of aromatic amines is 1. The molecule has 3 heteroatoms. The summed E-state index contributed by atoms with van der Waals surface area (Å²) in [6.45, 7) is 0. The lowest BCUT2D eigenvalue weighted by molar-refractivity contribution is 0.0894. The van der Waals surface area contributed by atoms with E-state index in [0.29, 0.717) is 11.1 Å². The predicted molar refractivity (Wildman–Crippen MR) is 133 cm³/mol. The second-order valence-corrected chi connectivity index (χ2v) is 8.10. The number of hydrogen-bond donors (Lipinski definition) is 1. The molecule has 0 bridgehead atoms. The van der Waals surface area contributed by atoms with Crippen molar-refractivity contribution in [3.63, 3.8) is 0 Å². The van der Waals surface area contributed by atoms with Crippen molar-refractivity contribution in [2.75, 3.05) is 0 Å². The lowest BCUT2D eigenvalue weighted by atomic mass is 9.83. The van der Waals surface area contributed by atoms with E-state index in [1.807, 2.05) is 103 Å². The molecule has 1 heterocycles. The van der Waals surface area contributed by atoms with Gasteiger partial charge >= 0.3 is 0 Å². The summed E-state index contributed by atoms with van der Waals surface area (Å²) in [6.07, 6.45) is 0.0966. The number of ketones is 2. The van der Waals surface area contributed by atoms with Gasteiger partial charge in [-0.05, 0) is 17.2 Å². The molecular formula is C30H23NO2. The van der Waals surface area contributed by atoms with Crippen LogP contribution in [0.25, 0.3) is 22.2 Å². The van der Waals surface area contributed by atoms with Crippen molar-refractivity contribution in [1.29, 1.82) is 0 Å². The number of benzene rings is 4. The van der Waals surface area contributed by atoms with Crippen molar-refractivity contribution in [3.8, 4) is 11.3 Å². The van der Waals surface area contributed by atoms with Crippen LogP contribution in [0.1, 0.15) is 38.6 Å². The molecule has 0 unspecified atom stereocenters. The van der Waals surface area contributed by atoms with Gasteiger partial charge in [-0.15, -0.1) is 0 Å². The molecule has 0 amide bonds. The normalized spacial score (nSPS) is 11.9. The molecule has 5 rings (SSSR count). The van der Waals surface area contributed by atoms with Gasteiger partial charge in [0.05, 0.1) is 11.6 Å². The van der Waals surface area contributed by atoms with E-state index in [-0.39, 0.29) is 18.0 Å². The van der Waals surface area contributed by atoms with Gasteiger partial charge in [0.15, 0.2) is 11.6 Å². The van der Waals surface area contributed by atoms with Crippen molar-refractivity contribution in [2.45, 2.75) is 12.3 Å². The maximum absolute atomic E-state index is 13.9. The molecule has 33 heavy (non-hydrogen) atoms. The lowest BCUT2D eigenvalue weighted by Crippen LogP contribution is -2.18. The maximum Gasteiger partial charge on any atom is 0.170 e. The Bertz CT molecular complexity index is 1400. The van der Waals surface area contributed by atoms with E-state index in [2.05, 4.69) is 4.98 Å². The molecule has 0 saturated heterocycles. The molecule has 0 saturated carbocycles. The van der Waals surface area contributed by atoms with Gasteiger partial charge < -0.3 is 4.98 Å². The number of H-pyrrole nitrogens is 1. The summed E-state index contributed by atoms with van der Waals surface area (Å²) < 4.78 is 0. The fourth-order valence-electron chi connectivity index (χ4n) is 4.41. The van der Waals surface area contributed by atoms with E-state index in [4.69, 9.17) is 0 Å². The zero-order valence-corrected chi connectivity index (χ0v) is 18.1. The molecule has 1 aromatic heterocycles. The average Bonchev–Trinajstić information content (AvgIpc) is 3.28. The van der Waals surface area contributed by atoms with Crippen LogP contribution in [0.5, 0.6) is 0 Å². The fourth-order valence-corrected chi connectivity index (χ4v) is 4.41. The second-order valence-electron chi connectivity index (χ2n) is 8.10. The predicted octanol–water partition coefficient (Wildman–Crippen LogP) is 7.07. The first kappa shape index (κ1) is 20.7. The monoisotopic (exact) mass is 429 g/mol. The first-order chi connectivity index (χ1) is 16.2. The number of nitrogens with one attached hydrogen (secondary N) is 1. The van der Waals surface area contributed by atoms with Crippen molar-refractivity contribution in [2.24, 2.45) is 0 Å². The van der Waals surface area contributed by atoms with E-state index in [0.717, 1.165) is 27.7 Å². The van der Waals surface area contributed by atoms with Crippen LogP contribution < -0.4 is 0 Å². The Balaban J connectivity index is 1.70. The number of Topliss-reactive ketones (excluding diaryl/α,β-unsaturated/α-hetero) is 2. The van der Waals surface area contributed by atoms with Gasteiger partial charge in [0.1, 0.15) is 0 Å². The summed E-state index contributed by atoms with van der Waals surface area (Å²) in [5, 5.41) is 0.964. The maximum atomic E-state index is 13.9. The molecule has 3 nitrogen and oxygen atoms in total. The highest BCUT2D eigenvalue weighted by Gasteiger charge is 2.30. The van der Waals surface area contributed by atoms with Gasteiger partial charge in [-0.1, -0.05) is 109 Å². The minimum Gasteiger partial charge on any atom is -0.354 e. The molecule has 0 aliphatic carbocycles. The number of carbonyl (C=O) groups is 2. The summed E-state index contributed by atoms with van der Waals surface area (Å²) in [6, 6.07) is 36.4. The Morgan fingerprint density at radius 1 is 0.636 bits per heavy atom. The van der Waals surface area contributed by atoms with Gasteiger partial charge in [-0.2, -0.15) is 0 Å². The second kappa shape index (κ2) is 9.09. The van der Waals surface area contributed by atoms with Gasteiger partial charge in [-0.25, -0.2) is 0 Å². The van der Waals surface area contributed by atoms with Crippen molar-refractivity contribution in [1.82, 2.24) is 4.98 Å². The molecule has 4 aromatic carbocycles. The largest absolute Gasteiger partial charge is 0.354 e. The van der Waals surface area contributed by atoms with E-state index in [9.17, 15) is 9.59 Å². The van der Waals surface area contributed by atoms with Crippen LogP contribution in [0.3, 0.4) is 0 Å². The van der Waals surface area contributed by atoms with Crippen LogP contribution in [-0.4, -0.2) is 16.6 Å². The standard InChI is InChI=1S/C30H23NO2/c32-27(21-12-4-1-5-13-21)20-25(30(33)23-16-8-3-9-17-23)28-24-18-10-11-19-26(24)31-29(28)22-14-6-2-7-15-22/h1-19,25,31H,20H2/t25-/m0/s1. The number of aromatic nitrogens is 1. The van der Waals surface area contributed by atoms with E-state index >= 15 is 0 Å². The molecule has 0 radical (unpaired) electrons. The average molecular weight is 430 g/mol. The van der Waals surface area contributed by atoms with Crippen LogP contribution in [0.2, 0.25) is 0 Å². The van der Waals surface area contributed by atoms with Gasteiger partial charge in [0, 0.05) is 28.5 Å². The highest BCUT2D eigenvalue weighted by Crippen LogP contribution is 2.39. The number of hydrogen-bond acceptors (Lipinski definition) is 2. The molecular weight excluding hydrogens is 406 g/mol. The van der Waals surface area contributed by atoms with Gasteiger partial charge in [-0.3, -0.25) is 9.59 Å². The molecule has 1 N–H and O–H groups in total. The molecule has 0 aliphatic heterocycles. The van der Waals surface area contributed by atoms with E-state index in [1.54, 1.807) is 12.1 Å². The Labute approximate surface area is 192 Å². The topological polar surface area (TPSA) is 49.9 Å². The fraction of sp³-hybridized carbons (Fsp3) is 0.0667. The Morgan fingerprint density at radius 2 is 1.18 bits per heavy atom. The first-order valence-electron chi connectivity index (χ1n) is 11.1. The van der Waals surface area contributed by atoms with Crippen molar-refractivity contribution in [3.05, 3.63) is 132 Å². The highest BCUT2D eigenvalue weighted by atomic mass is 16.1. The minimum atomic E-state index is -0.619. The molecule has 5 aromatic rings. The number of carbonyl (C=O) groups excluding carboxylic acids is 2. The zero-order chi connectivity index (χ0) is 22.6. The Kier molecular flexibility index (Phi) is 5.69. The summed E-state index contributed by atoms with van der Waals surface area (Å²) in [5.74, 6) is -0.720. The van der Waals surface area contributed by atoms with Crippen LogP contribution in [0.4, 0.5) is 0 Å². The smallest absolute Gasteiger partial charge is 0.170 e. The van der Waals surface area contributed by atoms with Gasteiger partial charge in [0.25, 0.3) is 0 Å². The first-order valence-corrected chi connectivity index (χ1v) is 11.1. The lowest BCUT2D eigenvalue weighted by Gasteiger charge is -2.18. The SMILES string of the molecule is O=C(C[C@H](C(=O)c1ccccc1)c1c(-c2ccccc2)[nH]c2ccccc12)c1ccccc1. The van der Waals surface area contributed by atoms with Crippen molar-refractivity contribution >= 4 is 22.5 Å². The van der Waals surface area contributed by atoms with Gasteiger partial charge in [0.2, 0.25) is 0 Å². The Hall–Kier alpha value is -4.24. The summed E-state index contributed by atoms with van der Waals surface area (Å²) in [5.41, 5.74) is 4.91.